The molecule has 0 bridgehead atoms. The van der Waals surface area contributed by atoms with Gasteiger partial charge in [0.05, 0.1) is 12.3 Å². The average Bonchev–Trinajstić information content (AvgIpc) is 2.85. The molecule has 0 fully saturated rings. The van der Waals surface area contributed by atoms with Crippen LogP contribution in [0.25, 0.3) is 0 Å². The Hall–Kier alpha value is -2.15. The molecule has 98 valence electrons. The topological polar surface area (TPSA) is 72.7 Å². The van der Waals surface area contributed by atoms with Crippen molar-refractivity contribution in [1.82, 2.24) is 20.2 Å². The van der Waals surface area contributed by atoms with Gasteiger partial charge in [0.15, 0.2) is 0 Å². The molecule has 7 heteroatoms. The minimum atomic E-state index is -0.160. The largest absolute Gasteiger partial charge is 0.291 e. The molecule has 0 atom stereocenters. The van der Waals surface area contributed by atoms with Gasteiger partial charge in [-0.1, -0.05) is 29.4 Å². The number of hydrogen-bond acceptors (Lipinski definition) is 5. The van der Waals surface area contributed by atoms with Gasteiger partial charge in [-0.25, -0.2) is 0 Å². The molecule has 6 nitrogen and oxygen atoms in total. The Balaban J connectivity index is 1.82. The summed E-state index contributed by atoms with van der Waals surface area (Å²) in [6.45, 7) is 4.03. The third kappa shape index (κ3) is 4.22. The maximum atomic E-state index is 11.7. The van der Waals surface area contributed by atoms with Crippen molar-refractivity contribution in [1.29, 1.82) is 0 Å². The summed E-state index contributed by atoms with van der Waals surface area (Å²) >= 11 is 1.45. The maximum Gasteiger partial charge on any atom is 0.270 e. The molecular formula is C12H13N5OS. The van der Waals surface area contributed by atoms with Crippen molar-refractivity contribution < 1.29 is 4.79 Å². The molecule has 0 spiro atoms. The molecule has 1 amide bonds. The van der Waals surface area contributed by atoms with E-state index in [0.717, 1.165) is 4.90 Å². The van der Waals surface area contributed by atoms with Crippen LogP contribution in [-0.4, -0.2) is 31.9 Å². The number of allylic oxidation sites excluding steroid dienone is 1. The number of carbonyl (C=O) groups excluding carboxylic acids is 1. The van der Waals surface area contributed by atoms with Crippen LogP contribution in [0.1, 0.15) is 0 Å². The molecule has 19 heavy (non-hydrogen) atoms. The van der Waals surface area contributed by atoms with Crippen LogP contribution in [0.5, 0.6) is 0 Å². The second kappa shape index (κ2) is 6.69. The van der Waals surface area contributed by atoms with E-state index in [0.29, 0.717) is 12.3 Å². The summed E-state index contributed by atoms with van der Waals surface area (Å²) < 4.78 is 0. The third-order valence-corrected chi connectivity index (χ3v) is 3.12. The van der Waals surface area contributed by atoms with E-state index in [4.69, 9.17) is 0 Å². The fourth-order valence-electron chi connectivity index (χ4n) is 1.31. The minimum absolute atomic E-state index is 0.160. The normalized spacial score (nSPS) is 10.1. The number of rotatable bonds is 6. The molecule has 0 radical (unpaired) electrons. The molecule has 0 saturated heterocycles. The Morgan fingerprint density at radius 3 is 2.95 bits per heavy atom. The molecule has 1 N–H and O–H groups in total. The van der Waals surface area contributed by atoms with E-state index in [1.807, 2.05) is 30.3 Å². The lowest BCUT2D eigenvalue weighted by Gasteiger charge is -2.00. The SMILES string of the molecule is C=CCn1nnc(NC(=O)CSc2ccccc2)n1. The standard InChI is InChI=1S/C12H13N5OS/c1-2-8-17-15-12(14-16-17)13-11(18)9-19-10-6-4-3-5-7-10/h2-7H,1,8-9H2,(H,13,15,18). The fourth-order valence-corrected chi connectivity index (χ4v) is 2.03. The molecule has 2 aromatic rings. The van der Waals surface area contributed by atoms with Crippen molar-refractivity contribution in [2.75, 3.05) is 11.1 Å². The monoisotopic (exact) mass is 275 g/mol. The van der Waals surface area contributed by atoms with Crippen LogP contribution in [0.15, 0.2) is 47.9 Å². The maximum absolute atomic E-state index is 11.7. The lowest BCUT2D eigenvalue weighted by molar-refractivity contribution is -0.113. The zero-order chi connectivity index (χ0) is 13.5. The first-order chi connectivity index (χ1) is 9.28. The number of aromatic nitrogens is 4. The molecule has 2 rings (SSSR count). The van der Waals surface area contributed by atoms with Gasteiger partial charge < -0.3 is 0 Å². The summed E-state index contributed by atoms with van der Waals surface area (Å²) in [7, 11) is 0. The Morgan fingerprint density at radius 1 is 1.42 bits per heavy atom. The summed E-state index contributed by atoms with van der Waals surface area (Å²) in [6, 6.07) is 9.71. The van der Waals surface area contributed by atoms with E-state index in [2.05, 4.69) is 27.3 Å². The molecular weight excluding hydrogens is 262 g/mol. The van der Waals surface area contributed by atoms with E-state index in [9.17, 15) is 4.79 Å². The quantitative estimate of drug-likeness (QED) is 0.640. The first-order valence-corrected chi connectivity index (χ1v) is 6.63. The molecule has 0 aliphatic carbocycles. The van der Waals surface area contributed by atoms with Gasteiger partial charge in [-0.2, -0.15) is 4.80 Å². The molecule has 0 unspecified atom stereocenters. The average molecular weight is 275 g/mol. The van der Waals surface area contributed by atoms with Gasteiger partial charge >= 0.3 is 0 Å². The second-order valence-electron chi connectivity index (χ2n) is 3.61. The molecule has 0 saturated carbocycles. The van der Waals surface area contributed by atoms with Crippen LogP contribution in [0.2, 0.25) is 0 Å². The van der Waals surface area contributed by atoms with Crippen molar-refractivity contribution in [3.05, 3.63) is 43.0 Å². The highest BCUT2D eigenvalue weighted by atomic mass is 32.2. The fraction of sp³-hybridized carbons (Fsp3) is 0.167. The summed E-state index contributed by atoms with van der Waals surface area (Å²) in [5.41, 5.74) is 0. The Kier molecular flexibility index (Phi) is 4.68. The van der Waals surface area contributed by atoms with Gasteiger partial charge in [-0.3, -0.25) is 10.1 Å². The van der Waals surface area contributed by atoms with Crippen LogP contribution in [-0.2, 0) is 11.3 Å². The van der Waals surface area contributed by atoms with Crippen LogP contribution in [0.3, 0.4) is 0 Å². The Bertz CT molecular complexity index is 554. The lowest BCUT2D eigenvalue weighted by Crippen LogP contribution is -2.15. The lowest BCUT2D eigenvalue weighted by atomic mass is 10.4. The van der Waals surface area contributed by atoms with Crippen molar-refractivity contribution in [2.45, 2.75) is 11.4 Å². The van der Waals surface area contributed by atoms with Crippen molar-refractivity contribution >= 4 is 23.6 Å². The Labute approximate surface area is 114 Å². The number of hydrogen-bond donors (Lipinski definition) is 1. The van der Waals surface area contributed by atoms with E-state index >= 15 is 0 Å². The van der Waals surface area contributed by atoms with E-state index < -0.39 is 0 Å². The van der Waals surface area contributed by atoms with Crippen LogP contribution in [0, 0.1) is 0 Å². The van der Waals surface area contributed by atoms with Crippen molar-refractivity contribution in [3.8, 4) is 0 Å². The first kappa shape index (κ1) is 13.3. The summed E-state index contributed by atoms with van der Waals surface area (Å²) in [5.74, 6) is 0.354. The van der Waals surface area contributed by atoms with Crippen molar-refractivity contribution in [2.24, 2.45) is 0 Å². The highest BCUT2D eigenvalue weighted by molar-refractivity contribution is 8.00. The second-order valence-corrected chi connectivity index (χ2v) is 4.66. The van der Waals surface area contributed by atoms with E-state index in [1.165, 1.54) is 16.6 Å². The molecule has 1 heterocycles. The zero-order valence-electron chi connectivity index (χ0n) is 10.2. The smallest absolute Gasteiger partial charge is 0.270 e. The molecule has 1 aromatic carbocycles. The first-order valence-electron chi connectivity index (χ1n) is 5.64. The highest BCUT2D eigenvalue weighted by Crippen LogP contribution is 2.16. The predicted octanol–water partition coefficient (Wildman–Crippen LogP) is 1.59. The molecule has 0 aliphatic rings. The molecule has 1 aromatic heterocycles. The number of amides is 1. The number of benzene rings is 1. The molecule has 0 aliphatic heterocycles. The number of nitrogens with zero attached hydrogens (tertiary/aromatic N) is 4. The van der Waals surface area contributed by atoms with Gasteiger partial charge in [-0.15, -0.1) is 23.4 Å². The summed E-state index contributed by atoms with van der Waals surface area (Å²) in [6.07, 6.45) is 1.65. The highest BCUT2D eigenvalue weighted by Gasteiger charge is 2.07. The van der Waals surface area contributed by atoms with Gasteiger partial charge in [0, 0.05) is 4.90 Å². The van der Waals surface area contributed by atoms with Gasteiger partial charge in [0.1, 0.15) is 0 Å². The van der Waals surface area contributed by atoms with Crippen LogP contribution < -0.4 is 5.32 Å². The third-order valence-electron chi connectivity index (χ3n) is 2.11. The predicted molar refractivity (Wildman–Crippen MR) is 73.8 cm³/mol. The summed E-state index contributed by atoms with van der Waals surface area (Å²) in [5, 5.41) is 14.1. The minimum Gasteiger partial charge on any atom is -0.291 e. The number of nitrogens with one attached hydrogen (secondary N) is 1. The van der Waals surface area contributed by atoms with Gasteiger partial charge in [-0.05, 0) is 17.3 Å². The Morgan fingerprint density at radius 2 is 2.21 bits per heavy atom. The number of thioether (sulfide) groups is 1. The number of tetrazole rings is 1. The number of carbonyl (C=O) groups is 1. The van der Waals surface area contributed by atoms with E-state index in [1.54, 1.807) is 6.08 Å². The summed E-state index contributed by atoms with van der Waals surface area (Å²) in [4.78, 5) is 14.1. The van der Waals surface area contributed by atoms with Crippen molar-refractivity contribution in [3.63, 3.8) is 0 Å². The van der Waals surface area contributed by atoms with Crippen LogP contribution >= 0.6 is 11.8 Å². The van der Waals surface area contributed by atoms with E-state index in [-0.39, 0.29) is 11.9 Å². The van der Waals surface area contributed by atoms with Gasteiger partial charge in [0.2, 0.25) is 5.91 Å². The van der Waals surface area contributed by atoms with Crippen LogP contribution in [0.4, 0.5) is 5.95 Å². The zero-order valence-corrected chi connectivity index (χ0v) is 11.0. The number of anilines is 1. The van der Waals surface area contributed by atoms with Gasteiger partial charge in [0.25, 0.3) is 5.95 Å².